The molecule has 0 spiro atoms. The van der Waals surface area contributed by atoms with Gasteiger partial charge in [0.15, 0.2) is 0 Å². The molecule has 2 aliphatic heterocycles. The minimum Gasteiger partial charge on any atom is -0.494 e. The quantitative estimate of drug-likeness (QED) is 0.302. The molecule has 40 heavy (non-hydrogen) atoms. The van der Waals surface area contributed by atoms with Gasteiger partial charge in [0.2, 0.25) is 0 Å². The van der Waals surface area contributed by atoms with Crippen LogP contribution in [0.25, 0.3) is 0 Å². The van der Waals surface area contributed by atoms with Gasteiger partial charge in [-0.1, -0.05) is 37.5 Å². The molecule has 7 nitrogen and oxygen atoms in total. The number of piperidine rings is 1. The van der Waals surface area contributed by atoms with E-state index in [2.05, 4.69) is 52.7 Å². The number of hydrogen-bond acceptors (Lipinski definition) is 7. The van der Waals surface area contributed by atoms with E-state index in [0.29, 0.717) is 25.2 Å². The molecule has 3 aliphatic rings. The molecule has 2 aromatic carbocycles. The van der Waals surface area contributed by atoms with Gasteiger partial charge in [0.05, 0.1) is 44.3 Å². The van der Waals surface area contributed by atoms with E-state index in [0.717, 1.165) is 82.4 Å². The number of methoxy groups -OCH3 is 1. The summed E-state index contributed by atoms with van der Waals surface area (Å²) in [7, 11) is 1.76. The van der Waals surface area contributed by atoms with Crippen LogP contribution in [0, 0.1) is 0 Å². The Morgan fingerprint density at radius 2 is 1.80 bits per heavy atom. The summed E-state index contributed by atoms with van der Waals surface area (Å²) in [4.78, 5) is 2.40. The first-order valence-electron chi connectivity index (χ1n) is 15.5. The summed E-state index contributed by atoms with van der Waals surface area (Å²) in [6.07, 6.45) is 10.0. The third-order valence-corrected chi connectivity index (χ3v) is 8.42. The van der Waals surface area contributed by atoms with Gasteiger partial charge in [-0.05, 0) is 67.6 Å². The molecule has 2 aromatic rings. The van der Waals surface area contributed by atoms with Gasteiger partial charge < -0.3 is 33.9 Å². The number of hydrogen-bond donors (Lipinski definition) is 1. The molecule has 2 heterocycles. The lowest BCUT2D eigenvalue weighted by atomic mass is 9.87. The maximum atomic E-state index is 6.55. The van der Waals surface area contributed by atoms with E-state index in [1.165, 1.54) is 43.2 Å². The maximum absolute atomic E-state index is 6.55. The molecule has 1 N–H and O–H groups in total. The van der Waals surface area contributed by atoms with Crippen molar-refractivity contribution in [1.29, 1.82) is 0 Å². The van der Waals surface area contributed by atoms with Crippen LogP contribution in [0.2, 0.25) is 0 Å². The van der Waals surface area contributed by atoms with Gasteiger partial charge in [0.1, 0.15) is 18.1 Å². The molecule has 1 aliphatic carbocycles. The van der Waals surface area contributed by atoms with Crippen molar-refractivity contribution in [3.05, 3.63) is 53.6 Å². The maximum Gasteiger partial charge on any atom is 0.142 e. The fraction of sp³-hybridized carbons (Fsp3) is 0.636. The molecule has 1 saturated carbocycles. The van der Waals surface area contributed by atoms with Crippen LogP contribution in [0.4, 0.5) is 5.69 Å². The highest BCUT2D eigenvalue weighted by molar-refractivity contribution is 5.61. The van der Waals surface area contributed by atoms with Crippen LogP contribution in [-0.4, -0.2) is 71.9 Å². The third-order valence-electron chi connectivity index (χ3n) is 8.42. The van der Waals surface area contributed by atoms with Crippen LogP contribution in [0.1, 0.15) is 68.4 Å². The minimum absolute atomic E-state index is 0.127. The standard InChI is InChI=1S/C33H48N2O5/c1-36-19-5-17-35-18-22-39-32-14-9-26(23-31(32)35)25-40-33-24-34-16-15-30(33)27-10-12-29(13-11-27)38-21-6-20-37-28-7-3-2-4-8-28/h9-14,23,28,30,33-34H,2-8,15-22,24-25H2,1H3/t30-,33+/m1/s1. The van der Waals surface area contributed by atoms with Crippen molar-refractivity contribution in [1.82, 2.24) is 5.32 Å². The molecule has 0 radical (unpaired) electrons. The van der Waals surface area contributed by atoms with Gasteiger partial charge >= 0.3 is 0 Å². The lowest BCUT2D eigenvalue weighted by Crippen LogP contribution is -2.41. The topological polar surface area (TPSA) is 61.4 Å². The molecule has 2 atom stereocenters. The molecule has 0 amide bonds. The third kappa shape index (κ3) is 8.35. The van der Waals surface area contributed by atoms with E-state index in [-0.39, 0.29) is 6.10 Å². The first-order chi connectivity index (χ1) is 19.8. The van der Waals surface area contributed by atoms with E-state index >= 15 is 0 Å². The van der Waals surface area contributed by atoms with Crippen LogP contribution in [-0.2, 0) is 20.8 Å². The normalized spacial score (nSPS) is 21.6. The van der Waals surface area contributed by atoms with Crippen molar-refractivity contribution in [2.75, 3.05) is 64.6 Å². The monoisotopic (exact) mass is 552 g/mol. The van der Waals surface area contributed by atoms with Gasteiger partial charge in [-0.3, -0.25) is 0 Å². The van der Waals surface area contributed by atoms with Gasteiger partial charge in [-0.25, -0.2) is 0 Å². The van der Waals surface area contributed by atoms with Gasteiger partial charge in [-0.15, -0.1) is 0 Å². The van der Waals surface area contributed by atoms with E-state index < -0.39 is 0 Å². The van der Waals surface area contributed by atoms with Crippen LogP contribution in [0.5, 0.6) is 11.5 Å². The van der Waals surface area contributed by atoms with E-state index in [1.54, 1.807) is 7.11 Å². The number of ether oxygens (including phenoxy) is 5. The molecule has 2 fully saturated rings. The Balaban J connectivity index is 1.10. The molecule has 0 unspecified atom stereocenters. The van der Waals surface area contributed by atoms with Crippen molar-refractivity contribution < 1.29 is 23.7 Å². The molecule has 1 saturated heterocycles. The van der Waals surface area contributed by atoms with Crippen molar-refractivity contribution in [3.8, 4) is 11.5 Å². The fourth-order valence-electron chi connectivity index (χ4n) is 6.17. The average Bonchev–Trinajstić information content (AvgIpc) is 3.01. The second-order valence-corrected chi connectivity index (χ2v) is 11.3. The zero-order chi connectivity index (χ0) is 27.4. The molecule has 220 valence electrons. The van der Waals surface area contributed by atoms with Gasteiger partial charge in [-0.2, -0.15) is 0 Å². The largest absolute Gasteiger partial charge is 0.494 e. The summed E-state index contributed by atoms with van der Waals surface area (Å²) in [5.41, 5.74) is 3.67. The lowest BCUT2D eigenvalue weighted by Gasteiger charge is -2.33. The van der Waals surface area contributed by atoms with E-state index in [1.807, 2.05) is 0 Å². The Kier molecular flexibility index (Phi) is 11.4. The highest BCUT2D eigenvalue weighted by Gasteiger charge is 2.27. The fourth-order valence-corrected chi connectivity index (χ4v) is 6.17. The average molecular weight is 553 g/mol. The summed E-state index contributed by atoms with van der Waals surface area (Å²) in [6, 6.07) is 15.1. The summed E-state index contributed by atoms with van der Waals surface area (Å²) in [5.74, 6) is 2.26. The first kappa shape index (κ1) is 29.2. The van der Waals surface area contributed by atoms with E-state index in [9.17, 15) is 0 Å². The van der Waals surface area contributed by atoms with Crippen molar-refractivity contribution in [3.63, 3.8) is 0 Å². The second kappa shape index (κ2) is 15.6. The summed E-state index contributed by atoms with van der Waals surface area (Å²) < 4.78 is 29.7. The predicted molar refractivity (Wildman–Crippen MR) is 159 cm³/mol. The van der Waals surface area contributed by atoms with E-state index in [4.69, 9.17) is 23.7 Å². The van der Waals surface area contributed by atoms with Crippen molar-refractivity contribution in [2.24, 2.45) is 0 Å². The smallest absolute Gasteiger partial charge is 0.142 e. The van der Waals surface area contributed by atoms with Gasteiger partial charge in [0.25, 0.3) is 0 Å². The van der Waals surface area contributed by atoms with Crippen LogP contribution in [0.15, 0.2) is 42.5 Å². The Labute approximate surface area is 240 Å². The number of rotatable bonds is 14. The minimum atomic E-state index is 0.127. The lowest BCUT2D eigenvalue weighted by molar-refractivity contribution is 0.0106. The molecule has 5 rings (SSSR count). The Morgan fingerprint density at radius 3 is 2.65 bits per heavy atom. The highest BCUT2D eigenvalue weighted by atomic mass is 16.5. The Bertz CT molecular complexity index is 1010. The van der Waals surface area contributed by atoms with Crippen LogP contribution in [0.3, 0.4) is 0 Å². The number of nitrogens with one attached hydrogen (secondary N) is 1. The molecule has 0 bridgehead atoms. The zero-order valence-corrected chi connectivity index (χ0v) is 24.3. The number of nitrogens with zero attached hydrogens (tertiary/aromatic N) is 1. The van der Waals surface area contributed by atoms with Crippen molar-refractivity contribution in [2.45, 2.75) is 76.1 Å². The predicted octanol–water partition coefficient (Wildman–Crippen LogP) is 5.70. The highest BCUT2D eigenvalue weighted by Crippen LogP contribution is 2.34. The summed E-state index contributed by atoms with van der Waals surface area (Å²) in [6.45, 7) is 7.32. The van der Waals surface area contributed by atoms with Crippen molar-refractivity contribution >= 4 is 5.69 Å². The van der Waals surface area contributed by atoms with Crippen LogP contribution < -0.4 is 19.7 Å². The Morgan fingerprint density at radius 1 is 0.925 bits per heavy atom. The van der Waals surface area contributed by atoms with Gasteiger partial charge in [0, 0.05) is 39.1 Å². The Hall–Kier alpha value is -2.32. The number of fused-ring (bicyclic) bond motifs is 1. The zero-order valence-electron chi connectivity index (χ0n) is 24.3. The molecular formula is C33H48N2O5. The summed E-state index contributed by atoms with van der Waals surface area (Å²) in [5, 5.41) is 3.53. The second-order valence-electron chi connectivity index (χ2n) is 11.3. The SMILES string of the molecule is COCCCN1CCOc2ccc(CO[C@H]3CNCC[C@@H]3c3ccc(OCCCOC4CCCCC4)cc3)cc21. The first-order valence-corrected chi connectivity index (χ1v) is 15.5. The summed E-state index contributed by atoms with van der Waals surface area (Å²) >= 11 is 0. The number of anilines is 1. The van der Waals surface area contributed by atoms with Crippen LogP contribution >= 0.6 is 0 Å². The molecular weight excluding hydrogens is 504 g/mol. The molecule has 0 aromatic heterocycles. The number of benzene rings is 2. The molecule has 7 heteroatoms.